The van der Waals surface area contributed by atoms with Gasteiger partial charge in [0.1, 0.15) is 5.82 Å². The summed E-state index contributed by atoms with van der Waals surface area (Å²) in [4.78, 5) is 27.6. The highest BCUT2D eigenvalue weighted by atomic mass is 19.1. The highest BCUT2D eigenvalue weighted by Crippen LogP contribution is 2.27. The lowest BCUT2D eigenvalue weighted by Gasteiger charge is -2.15. The van der Waals surface area contributed by atoms with Crippen molar-refractivity contribution < 1.29 is 14.0 Å². The van der Waals surface area contributed by atoms with Crippen LogP contribution in [0.4, 0.5) is 4.39 Å². The number of carbonyl (C=O) groups is 1. The second-order valence-corrected chi connectivity index (χ2v) is 8.98. The Morgan fingerprint density at radius 1 is 1.14 bits per heavy atom. The van der Waals surface area contributed by atoms with Gasteiger partial charge >= 0.3 is 0 Å². The number of hydrogen-bond acceptors (Lipinski definition) is 5. The van der Waals surface area contributed by atoms with E-state index in [1.807, 2.05) is 50.3 Å². The molecule has 2 atom stereocenters. The normalized spacial score (nSPS) is 16.3. The van der Waals surface area contributed by atoms with Crippen LogP contribution in [0.1, 0.15) is 53.5 Å². The predicted molar refractivity (Wildman–Crippen MR) is 144 cm³/mol. The van der Waals surface area contributed by atoms with E-state index >= 15 is 0 Å². The first-order chi connectivity index (χ1) is 17.8. The van der Waals surface area contributed by atoms with Gasteiger partial charge in [-0.05, 0) is 68.3 Å². The number of nitrogens with one attached hydrogen (secondary N) is 1. The zero-order valence-corrected chi connectivity index (χ0v) is 21.1. The van der Waals surface area contributed by atoms with Crippen molar-refractivity contribution in [2.45, 2.75) is 39.3 Å². The molecular weight excluding hydrogens is 467 g/mol. The molecule has 1 aliphatic rings. The standard InChI is InChI=1S/C30H29FN4O2/c1-5-6-7-8-20(3)29-16-28(35-37-29)23-13-22(27-11-9-19(2)17-32-27)14-24(15-23)30(36)34-21(4)26-12-10-25(31)18-33-26/h5-15,17-18,21,29H,1,16H2,2-4H3,(H,34,36)/b7-6-,20-8+/t21-,29?/m1/s1. The van der Waals surface area contributed by atoms with E-state index < -0.39 is 11.9 Å². The quantitative estimate of drug-likeness (QED) is 0.373. The van der Waals surface area contributed by atoms with Crippen LogP contribution in [-0.4, -0.2) is 27.7 Å². The molecule has 1 aliphatic heterocycles. The average Bonchev–Trinajstić information content (AvgIpc) is 3.40. The van der Waals surface area contributed by atoms with E-state index in [2.05, 4.69) is 27.0 Å². The molecule has 0 radical (unpaired) electrons. The number of hydrogen-bond donors (Lipinski definition) is 1. The van der Waals surface area contributed by atoms with Crippen LogP contribution in [0, 0.1) is 12.7 Å². The van der Waals surface area contributed by atoms with Crippen molar-refractivity contribution in [3.63, 3.8) is 0 Å². The van der Waals surface area contributed by atoms with Crippen LogP contribution in [0.25, 0.3) is 11.3 Å². The van der Waals surface area contributed by atoms with Gasteiger partial charge in [0, 0.05) is 29.3 Å². The molecule has 2 aromatic heterocycles. The van der Waals surface area contributed by atoms with Crippen LogP contribution in [0.5, 0.6) is 0 Å². The lowest BCUT2D eigenvalue weighted by atomic mass is 9.96. The zero-order valence-electron chi connectivity index (χ0n) is 21.1. The van der Waals surface area contributed by atoms with Gasteiger partial charge in [-0.2, -0.15) is 0 Å². The molecule has 1 N–H and O–H groups in total. The zero-order chi connectivity index (χ0) is 26.4. The van der Waals surface area contributed by atoms with Crippen LogP contribution in [-0.2, 0) is 4.84 Å². The highest BCUT2D eigenvalue weighted by Gasteiger charge is 2.25. The number of nitrogens with zero attached hydrogens (tertiary/aromatic N) is 3. The van der Waals surface area contributed by atoms with Crippen molar-refractivity contribution in [2.24, 2.45) is 5.16 Å². The first-order valence-electron chi connectivity index (χ1n) is 12.0. The molecule has 0 aliphatic carbocycles. The molecular formula is C30H29FN4O2. The molecule has 6 nitrogen and oxygen atoms in total. The Labute approximate surface area is 216 Å². The van der Waals surface area contributed by atoms with Gasteiger partial charge in [-0.1, -0.05) is 42.1 Å². The third-order valence-electron chi connectivity index (χ3n) is 6.06. The van der Waals surface area contributed by atoms with Gasteiger partial charge in [0.05, 0.1) is 29.3 Å². The van der Waals surface area contributed by atoms with Crippen molar-refractivity contribution in [2.75, 3.05) is 0 Å². The van der Waals surface area contributed by atoms with Crippen molar-refractivity contribution in [3.8, 4) is 11.3 Å². The SMILES string of the molecule is C=C/C=C\C=C(/C)C1CC(c2cc(C(=O)N[C@H](C)c3ccc(F)cn3)cc(-c3ccc(C)cn3)c2)=NO1. The van der Waals surface area contributed by atoms with E-state index in [0.29, 0.717) is 17.7 Å². The van der Waals surface area contributed by atoms with Gasteiger partial charge in [-0.15, -0.1) is 0 Å². The maximum atomic E-state index is 13.3. The summed E-state index contributed by atoms with van der Waals surface area (Å²) in [6, 6.07) is 12.0. The summed E-state index contributed by atoms with van der Waals surface area (Å²) in [5, 5.41) is 7.29. The fourth-order valence-electron chi connectivity index (χ4n) is 3.89. The Hall–Kier alpha value is -4.39. The molecule has 0 spiro atoms. The van der Waals surface area contributed by atoms with Gasteiger partial charge in [0.2, 0.25) is 0 Å². The maximum absolute atomic E-state index is 13.3. The van der Waals surface area contributed by atoms with Gasteiger partial charge in [0.25, 0.3) is 5.91 Å². The molecule has 1 unspecified atom stereocenters. The minimum absolute atomic E-state index is 0.188. The summed E-state index contributed by atoms with van der Waals surface area (Å²) >= 11 is 0. The molecule has 0 bridgehead atoms. The number of aryl methyl sites for hydroxylation is 1. The second kappa shape index (κ2) is 11.6. The van der Waals surface area contributed by atoms with E-state index in [4.69, 9.17) is 4.84 Å². The van der Waals surface area contributed by atoms with E-state index in [-0.39, 0.29) is 12.0 Å². The molecule has 188 valence electrons. The Balaban J connectivity index is 1.63. The molecule has 0 saturated heterocycles. The van der Waals surface area contributed by atoms with E-state index in [1.165, 1.54) is 6.07 Å². The Morgan fingerprint density at radius 3 is 2.65 bits per heavy atom. The molecule has 7 heteroatoms. The number of carbonyl (C=O) groups excluding carboxylic acids is 1. The molecule has 0 saturated carbocycles. The number of amides is 1. The third kappa shape index (κ3) is 6.44. The number of pyridine rings is 2. The predicted octanol–water partition coefficient (Wildman–Crippen LogP) is 6.26. The van der Waals surface area contributed by atoms with E-state index in [9.17, 15) is 9.18 Å². The summed E-state index contributed by atoms with van der Waals surface area (Å²) in [5.74, 6) is -0.708. The molecule has 1 aromatic carbocycles. The van der Waals surface area contributed by atoms with Gasteiger partial charge in [0.15, 0.2) is 6.10 Å². The van der Waals surface area contributed by atoms with E-state index in [1.54, 1.807) is 37.4 Å². The second-order valence-electron chi connectivity index (χ2n) is 8.98. The Morgan fingerprint density at radius 2 is 1.95 bits per heavy atom. The number of aromatic nitrogens is 2. The first kappa shape index (κ1) is 25.7. The number of allylic oxidation sites excluding steroid dienone is 4. The Kier molecular flexibility index (Phi) is 8.03. The highest BCUT2D eigenvalue weighted by molar-refractivity contribution is 6.05. The van der Waals surface area contributed by atoms with Crippen LogP contribution in [0.2, 0.25) is 0 Å². The van der Waals surface area contributed by atoms with Gasteiger partial charge in [-0.25, -0.2) is 4.39 Å². The van der Waals surface area contributed by atoms with Crippen molar-refractivity contribution in [1.82, 2.24) is 15.3 Å². The smallest absolute Gasteiger partial charge is 0.251 e. The summed E-state index contributed by atoms with van der Waals surface area (Å²) < 4.78 is 13.3. The summed E-state index contributed by atoms with van der Waals surface area (Å²) in [5.41, 5.74) is 6.18. The summed E-state index contributed by atoms with van der Waals surface area (Å²) in [6.07, 6.45) is 10.8. The summed E-state index contributed by atoms with van der Waals surface area (Å²) in [6.45, 7) is 9.45. The van der Waals surface area contributed by atoms with Crippen LogP contribution in [0.15, 0.2) is 96.5 Å². The van der Waals surface area contributed by atoms with Crippen molar-refractivity contribution in [1.29, 1.82) is 0 Å². The molecule has 37 heavy (non-hydrogen) atoms. The number of rotatable bonds is 8. The molecule has 3 heterocycles. The lowest BCUT2D eigenvalue weighted by Crippen LogP contribution is -2.27. The molecule has 3 aromatic rings. The van der Waals surface area contributed by atoms with Crippen molar-refractivity contribution >= 4 is 11.6 Å². The van der Waals surface area contributed by atoms with Gasteiger partial charge < -0.3 is 10.2 Å². The number of halogens is 1. The molecule has 0 fully saturated rings. The van der Waals surface area contributed by atoms with Crippen molar-refractivity contribution in [3.05, 3.63) is 120 Å². The first-order valence-corrected chi connectivity index (χ1v) is 12.0. The largest absolute Gasteiger partial charge is 0.387 e. The lowest BCUT2D eigenvalue weighted by molar-refractivity contribution is 0.0939. The molecule has 1 amide bonds. The monoisotopic (exact) mass is 496 g/mol. The number of oxime groups is 1. The minimum atomic E-state index is -0.426. The fourth-order valence-corrected chi connectivity index (χ4v) is 3.89. The van der Waals surface area contributed by atoms with Crippen LogP contribution in [0.3, 0.4) is 0 Å². The average molecular weight is 497 g/mol. The van der Waals surface area contributed by atoms with Crippen LogP contribution < -0.4 is 5.32 Å². The topological polar surface area (TPSA) is 76.5 Å². The molecule has 4 rings (SSSR count). The number of benzene rings is 1. The third-order valence-corrected chi connectivity index (χ3v) is 6.06. The summed E-state index contributed by atoms with van der Waals surface area (Å²) in [7, 11) is 0. The fraction of sp³-hybridized carbons (Fsp3) is 0.200. The van der Waals surface area contributed by atoms with Crippen LogP contribution >= 0.6 is 0 Å². The van der Waals surface area contributed by atoms with Gasteiger partial charge in [-0.3, -0.25) is 14.8 Å². The minimum Gasteiger partial charge on any atom is -0.387 e. The Bertz CT molecular complexity index is 1380. The maximum Gasteiger partial charge on any atom is 0.251 e. The van der Waals surface area contributed by atoms with E-state index in [0.717, 1.165) is 39.9 Å².